The molecular formula is C30H38ClNO6. The number of fused-ring (bicyclic) bond motifs is 2. The van der Waals surface area contributed by atoms with Gasteiger partial charge in [0.25, 0.3) is 0 Å². The predicted molar refractivity (Wildman–Crippen MR) is 142 cm³/mol. The molecule has 6 aliphatic rings. The Morgan fingerprint density at radius 1 is 1.03 bits per heavy atom. The molecule has 11 atom stereocenters. The fourth-order valence-corrected chi connectivity index (χ4v) is 10.2. The molecule has 6 unspecified atom stereocenters. The van der Waals surface area contributed by atoms with E-state index in [1.54, 1.807) is 31.4 Å². The second-order valence-electron chi connectivity index (χ2n) is 12.3. The Bertz CT molecular complexity index is 1170. The molecule has 1 aromatic carbocycles. The number of carbonyl (C=O) groups excluding carboxylic acids is 2. The Kier molecular flexibility index (Phi) is 6.26. The predicted octanol–water partition coefficient (Wildman–Crippen LogP) is 3.92. The number of piperidine rings is 2. The van der Waals surface area contributed by atoms with Crippen molar-refractivity contribution in [2.24, 2.45) is 23.7 Å². The highest BCUT2D eigenvalue weighted by molar-refractivity contribution is 5.95. The molecule has 1 spiro atoms. The smallest absolute Gasteiger partial charge is 0.338 e. The number of aliphatic hydroxyl groups is 1. The summed E-state index contributed by atoms with van der Waals surface area (Å²) in [5, 5.41) is 12.5. The first kappa shape index (κ1) is 26.3. The number of hydrogen-bond acceptors (Lipinski definition) is 7. The lowest BCUT2D eigenvalue weighted by Crippen LogP contribution is -2.73. The van der Waals surface area contributed by atoms with Crippen LogP contribution in [0.3, 0.4) is 0 Å². The Hall–Kier alpha value is -1.93. The molecule has 7 nitrogen and oxygen atoms in total. The number of hydrogen-bond donors (Lipinski definition) is 1. The SMILES string of the molecule is COC(=O)C1=C2C3(C4CCCC(OC)C4[C@@H]1OC(=O)c1ccccc1)[C@H]1CC4[C@@H](CC[C@H](C)N43)[C@]2(O)C1.Cl. The molecule has 1 aromatic rings. The molecule has 0 radical (unpaired) electrons. The fraction of sp³-hybridized carbons (Fsp3) is 0.667. The van der Waals surface area contributed by atoms with Gasteiger partial charge in [-0.2, -0.15) is 0 Å². The quantitative estimate of drug-likeness (QED) is 0.576. The lowest BCUT2D eigenvalue weighted by molar-refractivity contribution is -0.164. The zero-order chi connectivity index (χ0) is 25.7. The molecule has 0 aromatic heterocycles. The van der Waals surface area contributed by atoms with Crippen LogP contribution in [0.5, 0.6) is 0 Å². The second kappa shape index (κ2) is 9.05. The molecule has 5 bridgehead atoms. The maximum Gasteiger partial charge on any atom is 0.338 e. The van der Waals surface area contributed by atoms with Gasteiger partial charge in [0.2, 0.25) is 0 Å². The van der Waals surface area contributed by atoms with Crippen LogP contribution >= 0.6 is 12.4 Å². The molecule has 0 amide bonds. The lowest BCUT2D eigenvalue weighted by Gasteiger charge is -2.65. The number of nitrogens with zero attached hydrogens (tertiary/aromatic N) is 1. The van der Waals surface area contributed by atoms with E-state index < -0.39 is 29.2 Å². The second-order valence-corrected chi connectivity index (χ2v) is 12.3. The van der Waals surface area contributed by atoms with Gasteiger partial charge < -0.3 is 19.3 Å². The van der Waals surface area contributed by atoms with Crippen molar-refractivity contribution < 1.29 is 28.9 Å². The molecule has 38 heavy (non-hydrogen) atoms. The average molecular weight is 544 g/mol. The van der Waals surface area contributed by atoms with Gasteiger partial charge in [-0.3, -0.25) is 4.90 Å². The third-order valence-electron chi connectivity index (χ3n) is 11.1. The van der Waals surface area contributed by atoms with Gasteiger partial charge in [-0.05, 0) is 75.0 Å². The molecule has 3 aliphatic carbocycles. The molecule has 2 saturated carbocycles. The van der Waals surface area contributed by atoms with Gasteiger partial charge in [0.1, 0.15) is 6.10 Å². The minimum Gasteiger partial charge on any atom is -0.466 e. The number of benzene rings is 1. The minimum absolute atomic E-state index is 0. The molecule has 7 rings (SSSR count). The first-order chi connectivity index (χ1) is 17.9. The van der Waals surface area contributed by atoms with Crippen LogP contribution in [-0.4, -0.2) is 71.6 Å². The number of rotatable bonds is 4. The summed E-state index contributed by atoms with van der Waals surface area (Å²) >= 11 is 0. The molecule has 1 N–H and O–H groups in total. The van der Waals surface area contributed by atoms with E-state index in [1.165, 1.54) is 7.11 Å². The Morgan fingerprint density at radius 2 is 1.79 bits per heavy atom. The van der Waals surface area contributed by atoms with Gasteiger partial charge in [-0.15, -0.1) is 12.4 Å². The Balaban J connectivity index is 0.00000264. The van der Waals surface area contributed by atoms with Gasteiger partial charge in [-0.1, -0.05) is 24.6 Å². The molecule has 5 fully saturated rings. The highest BCUT2D eigenvalue weighted by atomic mass is 35.5. The maximum absolute atomic E-state index is 13.8. The summed E-state index contributed by atoms with van der Waals surface area (Å²) in [6.45, 7) is 2.31. The van der Waals surface area contributed by atoms with E-state index in [4.69, 9.17) is 14.2 Å². The van der Waals surface area contributed by atoms with E-state index >= 15 is 0 Å². The van der Waals surface area contributed by atoms with E-state index in [9.17, 15) is 14.7 Å². The van der Waals surface area contributed by atoms with Crippen molar-refractivity contribution in [1.29, 1.82) is 0 Å². The minimum atomic E-state index is -1.06. The van der Waals surface area contributed by atoms with Crippen molar-refractivity contribution in [2.75, 3.05) is 14.2 Å². The summed E-state index contributed by atoms with van der Waals surface area (Å²) in [5.41, 5.74) is 0.185. The van der Waals surface area contributed by atoms with E-state index in [1.807, 2.05) is 6.07 Å². The summed E-state index contributed by atoms with van der Waals surface area (Å²) in [4.78, 5) is 29.9. The van der Waals surface area contributed by atoms with Crippen LogP contribution in [0.4, 0.5) is 0 Å². The largest absolute Gasteiger partial charge is 0.466 e. The van der Waals surface area contributed by atoms with Crippen molar-refractivity contribution >= 4 is 24.3 Å². The van der Waals surface area contributed by atoms with Gasteiger partial charge >= 0.3 is 11.9 Å². The van der Waals surface area contributed by atoms with Crippen LogP contribution in [-0.2, 0) is 19.0 Å². The highest BCUT2D eigenvalue weighted by Gasteiger charge is 2.81. The molecule has 3 heterocycles. The topological polar surface area (TPSA) is 85.3 Å². The van der Waals surface area contributed by atoms with Gasteiger partial charge in [0.15, 0.2) is 0 Å². The summed E-state index contributed by atoms with van der Waals surface area (Å²) in [5.74, 6) is -0.629. The monoisotopic (exact) mass is 543 g/mol. The van der Waals surface area contributed by atoms with Crippen molar-refractivity contribution in [1.82, 2.24) is 4.90 Å². The zero-order valence-electron chi connectivity index (χ0n) is 22.3. The van der Waals surface area contributed by atoms with Gasteiger partial charge in [0, 0.05) is 31.0 Å². The van der Waals surface area contributed by atoms with Crippen LogP contribution in [0.1, 0.15) is 62.2 Å². The normalized spacial score (nSPS) is 45.6. The molecule has 3 aliphatic heterocycles. The van der Waals surface area contributed by atoms with E-state index in [2.05, 4.69) is 11.8 Å². The van der Waals surface area contributed by atoms with Crippen LogP contribution in [0.2, 0.25) is 0 Å². The summed E-state index contributed by atoms with van der Waals surface area (Å²) in [6.07, 6.45) is 5.60. The van der Waals surface area contributed by atoms with Crippen LogP contribution in [0.15, 0.2) is 41.5 Å². The van der Waals surface area contributed by atoms with E-state index in [0.29, 0.717) is 29.6 Å². The lowest BCUT2D eigenvalue weighted by atomic mass is 9.53. The molecular weight excluding hydrogens is 506 g/mol. The van der Waals surface area contributed by atoms with Crippen molar-refractivity contribution in [3.05, 3.63) is 47.0 Å². The van der Waals surface area contributed by atoms with Crippen molar-refractivity contribution in [3.8, 4) is 0 Å². The first-order valence-electron chi connectivity index (χ1n) is 14.0. The third-order valence-corrected chi connectivity index (χ3v) is 11.1. The van der Waals surface area contributed by atoms with Crippen molar-refractivity contribution in [2.45, 2.75) is 87.3 Å². The zero-order valence-corrected chi connectivity index (χ0v) is 23.1. The first-order valence-corrected chi connectivity index (χ1v) is 14.0. The van der Waals surface area contributed by atoms with Gasteiger partial charge in [0.05, 0.1) is 35.5 Å². The number of methoxy groups -OCH3 is 2. The van der Waals surface area contributed by atoms with E-state index in [0.717, 1.165) is 44.1 Å². The standard InChI is InChI=1S/C30H37NO6.ClH/c1-16-12-13-19-21-14-18-15-29(19,34)26-24(28(33)36-3)25(37-27(32)17-8-5-4-6-9-17)23-20(30(18,26)31(16)21)10-7-11-22(23)35-2;/h4-6,8-9,16,18-23,25,34H,7,10-15H2,1-3H3;1H/t16-,18-,19+,20?,21?,22?,23?,25-,29+,30?;/m0./s1. The maximum atomic E-state index is 13.8. The van der Waals surface area contributed by atoms with Crippen LogP contribution in [0.25, 0.3) is 0 Å². The number of carbonyl (C=O) groups is 2. The number of esters is 2. The number of ether oxygens (including phenoxy) is 3. The highest BCUT2D eigenvalue weighted by Crippen LogP contribution is 2.75. The molecule has 3 saturated heterocycles. The summed E-state index contributed by atoms with van der Waals surface area (Å²) in [6, 6.07) is 9.64. The Morgan fingerprint density at radius 3 is 2.50 bits per heavy atom. The van der Waals surface area contributed by atoms with Gasteiger partial charge in [-0.25, -0.2) is 9.59 Å². The fourth-order valence-electron chi connectivity index (χ4n) is 10.2. The summed E-state index contributed by atoms with van der Waals surface area (Å²) < 4.78 is 17.8. The average Bonchev–Trinajstić information content (AvgIpc) is 3.32. The van der Waals surface area contributed by atoms with Crippen LogP contribution < -0.4 is 0 Å². The van der Waals surface area contributed by atoms with Crippen molar-refractivity contribution in [3.63, 3.8) is 0 Å². The number of halogens is 1. The van der Waals surface area contributed by atoms with Crippen LogP contribution in [0, 0.1) is 23.7 Å². The summed E-state index contributed by atoms with van der Waals surface area (Å²) in [7, 11) is 3.11. The molecule has 206 valence electrons. The third kappa shape index (κ3) is 3.08. The van der Waals surface area contributed by atoms with E-state index in [-0.39, 0.29) is 42.2 Å². The Labute approximate surface area is 230 Å². The molecule has 8 heteroatoms.